The molecule has 0 bridgehead atoms. The molecule has 23 nitrogen and oxygen atoms in total. The smallest absolute Gasteiger partial charge is 0.317 e. The predicted molar refractivity (Wildman–Crippen MR) is 348 cm³/mol. The van der Waals surface area contributed by atoms with Crippen LogP contribution < -0.4 is 21.3 Å². The van der Waals surface area contributed by atoms with Gasteiger partial charge in [0.25, 0.3) is 0 Å². The summed E-state index contributed by atoms with van der Waals surface area (Å²) in [6.45, 7) is 7.64. The summed E-state index contributed by atoms with van der Waals surface area (Å²) < 4.78 is 33.2. The zero-order valence-corrected chi connectivity index (χ0v) is 55.8. The molecule has 0 spiro atoms. The minimum atomic E-state index is -1.18. The van der Waals surface area contributed by atoms with E-state index in [1.54, 1.807) is 0 Å². The number of hydrogen-bond donors (Lipinski definition) is 7. The van der Waals surface area contributed by atoms with Crippen LogP contribution in [0.25, 0.3) is 0 Å². The average molecular weight is 1270 g/mol. The summed E-state index contributed by atoms with van der Waals surface area (Å²) in [5, 5.41) is 39.8. The lowest BCUT2D eigenvalue weighted by Gasteiger charge is -2.28. The van der Waals surface area contributed by atoms with Gasteiger partial charge in [0, 0.05) is 65.2 Å². The first kappa shape index (κ1) is 84.9. The molecule has 4 amide bonds. The van der Waals surface area contributed by atoms with Crippen molar-refractivity contribution in [2.45, 2.75) is 219 Å². The van der Waals surface area contributed by atoms with Crippen molar-refractivity contribution in [1.82, 2.24) is 36.0 Å². The Morgan fingerprint density at radius 2 is 0.461 bits per heavy atom. The number of hydrogen-bond acceptors (Lipinski definition) is 16. The van der Waals surface area contributed by atoms with Gasteiger partial charge in [0.05, 0.1) is 112 Å². The first-order valence-corrected chi connectivity index (χ1v) is 34.7. The Labute approximate surface area is 536 Å². The number of carbonyl (C=O) groups excluding carboxylic acids is 4. The largest absolute Gasteiger partial charge is 0.480 e. The Balaban J connectivity index is 4.10. The lowest BCUT2D eigenvalue weighted by atomic mass is 10.0. The van der Waals surface area contributed by atoms with Crippen molar-refractivity contribution in [3.8, 4) is 0 Å². The predicted octanol–water partition coefficient (Wildman–Crippen LogP) is 8.23. The van der Waals surface area contributed by atoms with Crippen molar-refractivity contribution in [2.24, 2.45) is 0 Å². The Kier molecular flexibility index (Phi) is 63.8. The molecule has 0 radical (unpaired) electrons. The molecule has 0 saturated carbocycles. The van der Waals surface area contributed by atoms with E-state index in [2.05, 4.69) is 35.1 Å². The van der Waals surface area contributed by atoms with Crippen molar-refractivity contribution >= 4 is 41.5 Å². The molecule has 0 aromatic heterocycles. The number of carboxylic acids is 3. The highest BCUT2D eigenvalue weighted by atomic mass is 16.5. The van der Waals surface area contributed by atoms with Gasteiger partial charge in [-0.2, -0.15) is 0 Å². The van der Waals surface area contributed by atoms with Gasteiger partial charge in [-0.1, -0.05) is 194 Å². The quantitative estimate of drug-likeness (QED) is 0.0282. The second kappa shape index (κ2) is 66.8. The van der Waals surface area contributed by atoms with E-state index in [1.807, 2.05) is 0 Å². The molecule has 0 rings (SSSR count). The Hall–Kier alpha value is -4.07. The van der Waals surface area contributed by atoms with E-state index in [1.165, 1.54) is 182 Å². The van der Waals surface area contributed by atoms with E-state index < -0.39 is 49.4 Å². The molecular formula is C66H127N7O16. The maximum absolute atomic E-state index is 12.7. The monoisotopic (exact) mass is 1270 g/mol. The molecule has 23 heteroatoms. The number of carboxylic acid groups (broad SMARTS) is 3. The molecule has 0 aliphatic carbocycles. The summed E-state index contributed by atoms with van der Waals surface area (Å²) in [5.74, 6) is -4.34. The number of ether oxygens (including phenoxy) is 6. The highest BCUT2D eigenvalue weighted by molar-refractivity contribution is 5.79. The molecule has 0 fully saturated rings. The van der Waals surface area contributed by atoms with Gasteiger partial charge in [0.2, 0.25) is 23.6 Å². The van der Waals surface area contributed by atoms with Crippen LogP contribution in [0.3, 0.4) is 0 Å². The van der Waals surface area contributed by atoms with Crippen LogP contribution in [0.5, 0.6) is 0 Å². The molecule has 0 aromatic carbocycles. The van der Waals surface area contributed by atoms with Crippen molar-refractivity contribution < 1.29 is 77.3 Å². The third kappa shape index (κ3) is 66.7. The van der Waals surface area contributed by atoms with E-state index in [4.69, 9.17) is 28.4 Å². The number of carbonyl (C=O) groups is 7. The average Bonchev–Trinajstić information content (AvgIpc) is 3.68. The standard InChI is InChI=1S/C66H127N7O16/c1-3-5-7-9-11-13-15-17-19-21-23-25-27-29-31-33-60(74)67-35-43-84-47-51-88-53-49-86-45-37-69-62(76)55-72(58-65(80)81)41-39-71(57-64(78)79)40-42-73(59-66(82)83)56-63(77)70-38-46-87-50-54-89-52-48-85-44-36-68-61(75)34-32-30-28-26-24-22-20-18-16-14-12-10-8-6-4-2/h3-59H2,1-2H3,(H,67,74)(H,68,75)(H,69,76)(H,70,77)(H,78,79)(H,80,81)(H,82,83). The van der Waals surface area contributed by atoms with E-state index in [0.29, 0.717) is 78.8 Å². The van der Waals surface area contributed by atoms with Gasteiger partial charge in [-0.05, 0) is 12.8 Å². The summed E-state index contributed by atoms with van der Waals surface area (Å²) in [4.78, 5) is 89.1. The lowest BCUT2D eigenvalue weighted by molar-refractivity contribution is -0.141. The van der Waals surface area contributed by atoms with Crippen molar-refractivity contribution in [2.75, 3.05) is 164 Å². The molecular weight excluding hydrogens is 1150 g/mol. The first-order valence-electron chi connectivity index (χ1n) is 34.7. The fraction of sp³-hybridized carbons (Fsp3) is 0.894. The molecule has 7 N–H and O–H groups in total. The lowest BCUT2D eigenvalue weighted by Crippen LogP contribution is -2.47. The van der Waals surface area contributed by atoms with Gasteiger partial charge in [-0.25, -0.2) is 0 Å². The second-order valence-corrected chi connectivity index (χ2v) is 23.4. The van der Waals surface area contributed by atoms with Crippen LogP contribution in [0.2, 0.25) is 0 Å². The minimum absolute atomic E-state index is 0.0115. The topological polar surface area (TPSA) is 293 Å². The van der Waals surface area contributed by atoms with E-state index >= 15 is 0 Å². The van der Waals surface area contributed by atoms with Crippen molar-refractivity contribution in [3.05, 3.63) is 0 Å². The van der Waals surface area contributed by atoms with Gasteiger partial charge in [0.15, 0.2) is 0 Å². The Bertz CT molecular complexity index is 1580. The SMILES string of the molecule is CCCCCCCCCCCCCCCCCC(=O)NCCOCCOCCOCCNC(=O)CN(CCN(CCN(CC(=O)O)CC(=O)NCCOCCOCCOCCNC(=O)CCCCCCCCCCCCCCCCC)CC(=O)O)CC(=O)O. The summed E-state index contributed by atoms with van der Waals surface area (Å²) in [5.41, 5.74) is 0. The molecule has 522 valence electrons. The number of aliphatic carboxylic acids is 3. The number of nitrogens with zero attached hydrogens (tertiary/aromatic N) is 3. The summed E-state index contributed by atoms with van der Waals surface area (Å²) in [6, 6.07) is 0. The van der Waals surface area contributed by atoms with Gasteiger partial charge >= 0.3 is 17.9 Å². The van der Waals surface area contributed by atoms with Crippen LogP contribution in [0.4, 0.5) is 0 Å². The molecule has 0 unspecified atom stereocenters. The number of amides is 4. The van der Waals surface area contributed by atoms with Gasteiger partial charge in [-0.3, -0.25) is 48.3 Å². The Morgan fingerprint density at radius 3 is 0.708 bits per heavy atom. The highest BCUT2D eigenvalue weighted by Gasteiger charge is 2.20. The molecule has 0 aromatic rings. The highest BCUT2D eigenvalue weighted by Crippen LogP contribution is 2.16. The van der Waals surface area contributed by atoms with Crippen LogP contribution >= 0.6 is 0 Å². The zero-order valence-electron chi connectivity index (χ0n) is 55.8. The maximum atomic E-state index is 12.7. The number of rotatable bonds is 72. The minimum Gasteiger partial charge on any atom is -0.480 e. The van der Waals surface area contributed by atoms with E-state index in [0.717, 1.165) is 25.7 Å². The molecule has 0 heterocycles. The van der Waals surface area contributed by atoms with Crippen LogP contribution in [0.1, 0.15) is 219 Å². The maximum Gasteiger partial charge on any atom is 0.317 e. The first-order chi connectivity index (χ1) is 43.4. The third-order valence-electron chi connectivity index (χ3n) is 15.1. The van der Waals surface area contributed by atoms with Gasteiger partial charge < -0.3 is 65.0 Å². The molecule has 0 atom stereocenters. The summed E-state index contributed by atoms with van der Waals surface area (Å²) in [6.07, 6.45) is 39.8. The molecule has 0 aliphatic rings. The van der Waals surface area contributed by atoms with Crippen molar-refractivity contribution in [1.29, 1.82) is 0 Å². The third-order valence-corrected chi connectivity index (χ3v) is 15.1. The fourth-order valence-corrected chi connectivity index (χ4v) is 9.98. The van der Waals surface area contributed by atoms with Crippen LogP contribution in [0, 0.1) is 0 Å². The zero-order chi connectivity index (χ0) is 65.1. The second-order valence-electron chi connectivity index (χ2n) is 23.4. The van der Waals surface area contributed by atoms with Crippen molar-refractivity contribution in [3.63, 3.8) is 0 Å². The van der Waals surface area contributed by atoms with Gasteiger partial charge in [0.1, 0.15) is 0 Å². The van der Waals surface area contributed by atoms with Crippen LogP contribution in [0.15, 0.2) is 0 Å². The molecule has 0 saturated heterocycles. The normalized spacial score (nSPS) is 11.5. The summed E-state index contributed by atoms with van der Waals surface area (Å²) in [7, 11) is 0. The van der Waals surface area contributed by atoms with Crippen LogP contribution in [-0.4, -0.2) is 236 Å². The van der Waals surface area contributed by atoms with E-state index in [9.17, 15) is 48.9 Å². The number of unbranched alkanes of at least 4 members (excludes halogenated alkanes) is 28. The number of nitrogens with one attached hydrogen (secondary N) is 4. The molecule has 89 heavy (non-hydrogen) atoms. The van der Waals surface area contributed by atoms with E-state index in [-0.39, 0.29) is 90.6 Å². The summed E-state index contributed by atoms with van der Waals surface area (Å²) >= 11 is 0. The fourth-order valence-electron chi connectivity index (χ4n) is 9.98. The van der Waals surface area contributed by atoms with Gasteiger partial charge in [-0.15, -0.1) is 0 Å². The van der Waals surface area contributed by atoms with Crippen LogP contribution in [-0.2, 0) is 62.0 Å². The molecule has 0 aliphatic heterocycles. The Morgan fingerprint density at radius 1 is 0.258 bits per heavy atom.